The van der Waals surface area contributed by atoms with Crippen molar-refractivity contribution in [3.63, 3.8) is 0 Å². The third kappa shape index (κ3) is 6.40. The lowest BCUT2D eigenvalue weighted by Gasteiger charge is -2.14. The fourth-order valence-electron chi connectivity index (χ4n) is 2.69. The van der Waals surface area contributed by atoms with Crippen molar-refractivity contribution in [3.8, 4) is 0 Å². The third-order valence-corrected chi connectivity index (χ3v) is 6.44. The van der Waals surface area contributed by atoms with Crippen molar-refractivity contribution in [2.75, 3.05) is 10.6 Å². The van der Waals surface area contributed by atoms with Crippen molar-refractivity contribution in [2.24, 2.45) is 0 Å². The Bertz CT molecular complexity index is 1140. The SMILES string of the molecule is Cc1ccc(NC(=O)C(C)Sc2cccc(NC(=O)c3ccc(Cl)cc3Cl)c2)cc1Cl. The molecule has 0 spiro atoms. The van der Waals surface area contributed by atoms with Gasteiger partial charge in [0.1, 0.15) is 0 Å². The number of aryl methyl sites for hydroxylation is 1. The molecule has 3 aromatic rings. The van der Waals surface area contributed by atoms with Crippen LogP contribution in [0.25, 0.3) is 0 Å². The Hall–Kier alpha value is -2.18. The number of amides is 2. The van der Waals surface area contributed by atoms with Gasteiger partial charge in [0.2, 0.25) is 5.91 Å². The Labute approximate surface area is 200 Å². The van der Waals surface area contributed by atoms with Crippen molar-refractivity contribution >= 4 is 69.8 Å². The number of nitrogens with one attached hydrogen (secondary N) is 2. The first-order chi connectivity index (χ1) is 14.7. The van der Waals surface area contributed by atoms with Crippen LogP contribution in [0.1, 0.15) is 22.8 Å². The zero-order valence-corrected chi connectivity index (χ0v) is 19.8. The van der Waals surface area contributed by atoms with Crippen LogP contribution in [0.15, 0.2) is 65.6 Å². The van der Waals surface area contributed by atoms with Crippen LogP contribution in [0, 0.1) is 6.92 Å². The van der Waals surface area contributed by atoms with E-state index in [4.69, 9.17) is 34.8 Å². The molecule has 0 aromatic heterocycles. The van der Waals surface area contributed by atoms with Gasteiger partial charge in [-0.2, -0.15) is 0 Å². The Kier molecular flexibility index (Phi) is 7.89. The zero-order chi connectivity index (χ0) is 22.5. The summed E-state index contributed by atoms with van der Waals surface area (Å²) >= 11 is 19.5. The molecule has 0 saturated carbocycles. The lowest BCUT2D eigenvalue weighted by Crippen LogP contribution is -2.22. The van der Waals surface area contributed by atoms with Crippen LogP contribution >= 0.6 is 46.6 Å². The molecule has 1 atom stereocenters. The summed E-state index contributed by atoms with van der Waals surface area (Å²) in [5.74, 6) is -0.488. The van der Waals surface area contributed by atoms with Crippen LogP contribution in [-0.2, 0) is 4.79 Å². The molecule has 0 fully saturated rings. The van der Waals surface area contributed by atoms with Gasteiger partial charge < -0.3 is 10.6 Å². The largest absolute Gasteiger partial charge is 0.325 e. The second-order valence-corrected chi connectivity index (χ2v) is 9.48. The van der Waals surface area contributed by atoms with Crippen molar-refractivity contribution < 1.29 is 9.59 Å². The minimum Gasteiger partial charge on any atom is -0.325 e. The quantitative estimate of drug-likeness (QED) is 0.353. The first kappa shape index (κ1) is 23.5. The van der Waals surface area contributed by atoms with Crippen LogP contribution in [0.3, 0.4) is 0 Å². The molecular weight excluding hydrogens is 475 g/mol. The maximum Gasteiger partial charge on any atom is 0.257 e. The molecule has 0 heterocycles. The van der Waals surface area contributed by atoms with Gasteiger partial charge >= 0.3 is 0 Å². The monoisotopic (exact) mass is 492 g/mol. The molecule has 0 radical (unpaired) electrons. The normalized spacial score (nSPS) is 11.6. The summed E-state index contributed by atoms with van der Waals surface area (Å²) in [4.78, 5) is 25.9. The molecule has 2 amide bonds. The minimum absolute atomic E-state index is 0.146. The van der Waals surface area contributed by atoms with E-state index >= 15 is 0 Å². The average Bonchev–Trinajstić information content (AvgIpc) is 2.70. The third-order valence-electron chi connectivity index (χ3n) is 4.39. The summed E-state index contributed by atoms with van der Waals surface area (Å²) in [6.45, 7) is 3.72. The lowest BCUT2D eigenvalue weighted by atomic mass is 10.2. The van der Waals surface area contributed by atoms with Gasteiger partial charge in [-0.05, 0) is 67.9 Å². The number of anilines is 2. The maximum atomic E-state index is 12.6. The highest BCUT2D eigenvalue weighted by Crippen LogP contribution is 2.28. The fourth-order valence-corrected chi connectivity index (χ4v) is 4.29. The topological polar surface area (TPSA) is 58.2 Å². The van der Waals surface area contributed by atoms with E-state index in [-0.39, 0.29) is 22.1 Å². The van der Waals surface area contributed by atoms with E-state index < -0.39 is 0 Å². The van der Waals surface area contributed by atoms with Crippen molar-refractivity contribution in [1.82, 2.24) is 0 Å². The highest BCUT2D eigenvalue weighted by molar-refractivity contribution is 8.00. The van der Waals surface area contributed by atoms with Crippen LogP contribution in [0.4, 0.5) is 11.4 Å². The second kappa shape index (κ2) is 10.4. The molecule has 0 saturated heterocycles. The van der Waals surface area contributed by atoms with E-state index in [9.17, 15) is 9.59 Å². The van der Waals surface area contributed by atoms with E-state index in [0.29, 0.717) is 27.0 Å². The lowest BCUT2D eigenvalue weighted by molar-refractivity contribution is -0.115. The number of halogens is 3. The van der Waals surface area contributed by atoms with Gasteiger partial charge in [0.25, 0.3) is 5.91 Å². The zero-order valence-electron chi connectivity index (χ0n) is 16.7. The number of carbonyl (C=O) groups excluding carboxylic acids is 2. The van der Waals surface area contributed by atoms with Gasteiger partial charge in [-0.25, -0.2) is 0 Å². The number of hydrogen-bond acceptors (Lipinski definition) is 3. The van der Waals surface area contributed by atoms with Crippen molar-refractivity contribution in [2.45, 2.75) is 24.0 Å². The van der Waals surface area contributed by atoms with E-state index in [1.54, 1.807) is 30.3 Å². The molecule has 0 aliphatic carbocycles. The summed E-state index contributed by atoms with van der Waals surface area (Å²) in [6, 6.07) is 17.4. The number of benzene rings is 3. The Morgan fingerprint density at radius 2 is 1.61 bits per heavy atom. The van der Waals surface area contributed by atoms with Gasteiger partial charge in [-0.15, -0.1) is 11.8 Å². The van der Waals surface area contributed by atoms with Crippen LogP contribution in [0.5, 0.6) is 0 Å². The van der Waals surface area contributed by atoms with Crippen molar-refractivity contribution in [1.29, 1.82) is 0 Å². The highest BCUT2D eigenvalue weighted by atomic mass is 35.5. The van der Waals surface area contributed by atoms with Crippen LogP contribution in [-0.4, -0.2) is 17.1 Å². The smallest absolute Gasteiger partial charge is 0.257 e. The van der Waals surface area contributed by atoms with Gasteiger partial charge in [0, 0.05) is 26.3 Å². The van der Waals surface area contributed by atoms with Crippen LogP contribution in [0.2, 0.25) is 15.1 Å². The maximum absolute atomic E-state index is 12.6. The van der Waals surface area contributed by atoms with Gasteiger partial charge in [0.05, 0.1) is 15.8 Å². The Morgan fingerprint density at radius 1 is 0.871 bits per heavy atom. The Balaban J connectivity index is 1.64. The molecule has 0 aliphatic heterocycles. The summed E-state index contributed by atoms with van der Waals surface area (Å²) in [7, 11) is 0. The van der Waals surface area contributed by atoms with Gasteiger partial charge in [-0.3, -0.25) is 9.59 Å². The van der Waals surface area contributed by atoms with E-state index in [0.717, 1.165) is 10.5 Å². The summed E-state index contributed by atoms with van der Waals surface area (Å²) < 4.78 is 0. The molecule has 0 aliphatic rings. The molecule has 8 heteroatoms. The molecule has 4 nitrogen and oxygen atoms in total. The Morgan fingerprint density at radius 3 is 2.32 bits per heavy atom. The molecule has 3 rings (SSSR count). The van der Waals surface area contributed by atoms with Gasteiger partial charge in [-0.1, -0.05) is 46.9 Å². The first-order valence-electron chi connectivity index (χ1n) is 9.33. The fraction of sp³-hybridized carbons (Fsp3) is 0.130. The molecule has 3 aromatic carbocycles. The predicted molar refractivity (Wildman–Crippen MR) is 131 cm³/mol. The number of carbonyl (C=O) groups is 2. The molecule has 0 bridgehead atoms. The highest BCUT2D eigenvalue weighted by Gasteiger charge is 2.16. The minimum atomic E-state index is -0.364. The number of hydrogen-bond donors (Lipinski definition) is 2. The first-order valence-corrected chi connectivity index (χ1v) is 11.3. The number of rotatable bonds is 6. The molecule has 1 unspecified atom stereocenters. The van der Waals surface area contributed by atoms with E-state index in [1.807, 2.05) is 38.1 Å². The standard InChI is InChI=1S/C23H19Cl3N2O2S/c1-13-6-8-17(12-20(13)25)27-22(29)14(2)31-18-5-3-4-16(11-18)28-23(30)19-9-7-15(24)10-21(19)26/h3-12,14H,1-2H3,(H,27,29)(H,28,30). The summed E-state index contributed by atoms with van der Waals surface area (Å²) in [5.41, 5.74) is 2.52. The summed E-state index contributed by atoms with van der Waals surface area (Å²) in [5, 5.41) is 6.66. The molecule has 160 valence electrons. The molecule has 2 N–H and O–H groups in total. The molecule has 31 heavy (non-hydrogen) atoms. The van der Waals surface area contributed by atoms with Crippen molar-refractivity contribution in [3.05, 3.63) is 86.9 Å². The van der Waals surface area contributed by atoms with E-state index in [2.05, 4.69) is 10.6 Å². The summed E-state index contributed by atoms with van der Waals surface area (Å²) in [6.07, 6.45) is 0. The number of thioether (sulfide) groups is 1. The second-order valence-electron chi connectivity index (χ2n) is 6.82. The average molecular weight is 494 g/mol. The molecular formula is C23H19Cl3N2O2S. The van der Waals surface area contributed by atoms with Crippen LogP contribution < -0.4 is 10.6 Å². The predicted octanol–water partition coefficient (Wildman–Crippen LogP) is 7.33. The van der Waals surface area contributed by atoms with E-state index in [1.165, 1.54) is 17.8 Å². The van der Waals surface area contributed by atoms with Gasteiger partial charge in [0.15, 0.2) is 0 Å².